The van der Waals surface area contributed by atoms with Crippen LogP contribution in [0.15, 0.2) is 97.3 Å². The molecule has 6 heteroatoms. The van der Waals surface area contributed by atoms with Crippen molar-refractivity contribution in [3.63, 3.8) is 0 Å². The van der Waals surface area contributed by atoms with Crippen LogP contribution in [0.3, 0.4) is 0 Å². The van der Waals surface area contributed by atoms with Crippen molar-refractivity contribution in [2.24, 2.45) is 0 Å². The van der Waals surface area contributed by atoms with E-state index in [1.54, 1.807) is 36.7 Å². The van der Waals surface area contributed by atoms with Crippen molar-refractivity contribution in [3.8, 4) is 11.1 Å². The molecule has 0 bridgehead atoms. The van der Waals surface area contributed by atoms with Crippen LogP contribution in [-0.4, -0.2) is 16.9 Å². The highest BCUT2D eigenvalue weighted by Crippen LogP contribution is 2.27. The summed E-state index contributed by atoms with van der Waals surface area (Å²) in [6.45, 7) is 0.209. The van der Waals surface area contributed by atoms with Gasteiger partial charge in [0, 0.05) is 29.9 Å². The molecule has 1 amide bonds. The van der Waals surface area contributed by atoms with Crippen LogP contribution < -0.4 is 11.1 Å². The van der Waals surface area contributed by atoms with Crippen LogP contribution in [-0.2, 0) is 22.6 Å². The lowest BCUT2D eigenvalue weighted by atomic mass is 10.0. The van der Waals surface area contributed by atoms with E-state index in [2.05, 4.69) is 10.3 Å². The minimum absolute atomic E-state index is 0.209. The number of ether oxygens (including phenoxy) is 1. The van der Waals surface area contributed by atoms with Crippen molar-refractivity contribution in [3.05, 3.63) is 114 Å². The van der Waals surface area contributed by atoms with Gasteiger partial charge in [-0.3, -0.25) is 14.6 Å². The largest absolute Gasteiger partial charge is 0.461 e. The van der Waals surface area contributed by atoms with Crippen LogP contribution in [0.25, 0.3) is 11.1 Å². The Hall–Kier alpha value is -4.45. The Morgan fingerprint density at radius 3 is 2.38 bits per heavy atom. The van der Waals surface area contributed by atoms with Gasteiger partial charge in [0.15, 0.2) is 0 Å². The Kier molecular flexibility index (Phi) is 7.30. The third kappa shape index (κ3) is 6.07. The number of aromatic nitrogens is 1. The molecule has 1 heterocycles. The molecule has 0 aliphatic rings. The molecule has 0 saturated heterocycles. The molecule has 6 nitrogen and oxygen atoms in total. The fourth-order valence-electron chi connectivity index (χ4n) is 3.46. The molecule has 0 unspecified atom stereocenters. The third-order valence-electron chi connectivity index (χ3n) is 5.37. The summed E-state index contributed by atoms with van der Waals surface area (Å²) in [5, 5.41) is 2.90. The fraction of sp³-hybridized carbons (Fsp3) is 0.107. The Balaban J connectivity index is 1.32. The molecule has 0 fully saturated rings. The van der Waals surface area contributed by atoms with E-state index in [0.29, 0.717) is 23.4 Å². The van der Waals surface area contributed by atoms with E-state index in [4.69, 9.17) is 10.5 Å². The summed E-state index contributed by atoms with van der Waals surface area (Å²) >= 11 is 0. The number of rotatable bonds is 8. The minimum Gasteiger partial charge on any atom is -0.461 e. The van der Waals surface area contributed by atoms with E-state index < -0.39 is 0 Å². The summed E-state index contributed by atoms with van der Waals surface area (Å²) in [6, 6.07) is 26.3. The molecule has 0 aliphatic carbocycles. The maximum absolute atomic E-state index is 12.8. The lowest BCUT2D eigenvalue weighted by molar-refractivity contribution is -0.144. The Morgan fingerprint density at radius 2 is 1.65 bits per heavy atom. The summed E-state index contributed by atoms with van der Waals surface area (Å²) < 4.78 is 5.28. The number of nitrogens with one attached hydrogen (secondary N) is 1. The minimum atomic E-state index is -0.278. The number of nitrogen functional groups attached to an aromatic ring is 1. The van der Waals surface area contributed by atoms with Crippen LogP contribution in [0, 0.1) is 0 Å². The van der Waals surface area contributed by atoms with Gasteiger partial charge in [-0.05, 0) is 53.4 Å². The predicted octanol–water partition coefficient (Wildman–Crippen LogP) is 5.26. The van der Waals surface area contributed by atoms with Crippen molar-refractivity contribution >= 4 is 23.3 Å². The second-order valence-corrected chi connectivity index (χ2v) is 7.84. The number of nitrogens with two attached hydrogens (primary N) is 1. The van der Waals surface area contributed by atoms with Gasteiger partial charge in [0.25, 0.3) is 5.91 Å². The number of nitrogens with zero attached hydrogens (tertiary/aromatic N) is 1. The zero-order valence-electron chi connectivity index (χ0n) is 18.6. The zero-order chi connectivity index (χ0) is 23.8. The maximum Gasteiger partial charge on any atom is 0.306 e. The molecule has 0 spiro atoms. The first-order chi connectivity index (χ1) is 16.6. The van der Waals surface area contributed by atoms with Crippen molar-refractivity contribution in [1.82, 2.24) is 4.98 Å². The van der Waals surface area contributed by atoms with E-state index >= 15 is 0 Å². The average molecular weight is 452 g/mol. The van der Waals surface area contributed by atoms with Crippen LogP contribution in [0.1, 0.15) is 27.9 Å². The van der Waals surface area contributed by atoms with E-state index in [-0.39, 0.29) is 24.9 Å². The standard InChI is InChI=1S/C28H25N3O3/c29-25-14-13-24(22-6-2-1-3-7-22)17-26(25)31-28(33)23-11-8-20(9-12-23)10-15-27(32)34-19-21-5-4-16-30-18-21/h1-9,11-14,16-18H,10,15,19,29H2,(H,31,33). The lowest BCUT2D eigenvalue weighted by Crippen LogP contribution is -2.13. The number of aryl methyl sites for hydroxylation is 1. The van der Waals surface area contributed by atoms with Crippen LogP contribution >= 0.6 is 0 Å². The number of carbonyl (C=O) groups is 2. The molecule has 3 N–H and O–H groups in total. The second-order valence-electron chi connectivity index (χ2n) is 7.84. The van der Waals surface area contributed by atoms with Gasteiger partial charge in [0.1, 0.15) is 6.61 Å². The van der Waals surface area contributed by atoms with Crippen molar-refractivity contribution in [2.45, 2.75) is 19.4 Å². The Morgan fingerprint density at radius 1 is 0.853 bits per heavy atom. The molecular formula is C28H25N3O3. The highest BCUT2D eigenvalue weighted by atomic mass is 16.5. The van der Waals surface area contributed by atoms with Crippen molar-refractivity contribution < 1.29 is 14.3 Å². The molecule has 3 aromatic carbocycles. The van der Waals surface area contributed by atoms with E-state index in [1.807, 2.05) is 60.7 Å². The van der Waals surface area contributed by atoms with Gasteiger partial charge >= 0.3 is 5.97 Å². The van der Waals surface area contributed by atoms with Crippen LogP contribution in [0.4, 0.5) is 11.4 Å². The summed E-state index contributed by atoms with van der Waals surface area (Å²) in [5.74, 6) is -0.529. The number of anilines is 2. The van der Waals surface area contributed by atoms with Gasteiger partial charge in [-0.25, -0.2) is 0 Å². The molecular weight excluding hydrogens is 426 g/mol. The molecule has 1 aromatic heterocycles. The second kappa shape index (κ2) is 10.9. The summed E-state index contributed by atoms with van der Waals surface area (Å²) in [7, 11) is 0. The molecule has 4 aromatic rings. The highest BCUT2D eigenvalue weighted by molar-refractivity contribution is 6.06. The molecule has 4 rings (SSSR count). The van der Waals surface area contributed by atoms with Gasteiger partial charge < -0.3 is 15.8 Å². The first kappa shape index (κ1) is 22.7. The monoisotopic (exact) mass is 451 g/mol. The van der Waals surface area contributed by atoms with Crippen molar-refractivity contribution in [1.29, 1.82) is 0 Å². The smallest absolute Gasteiger partial charge is 0.306 e. The molecule has 170 valence electrons. The average Bonchev–Trinajstić information content (AvgIpc) is 2.89. The van der Waals surface area contributed by atoms with Gasteiger partial charge in [-0.15, -0.1) is 0 Å². The number of hydrogen-bond donors (Lipinski definition) is 2. The molecule has 34 heavy (non-hydrogen) atoms. The SMILES string of the molecule is Nc1ccc(-c2ccccc2)cc1NC(=O)c1ccc(CCC(=O)OCc2cccnc2)cc1. The molecule has 0 atom stereocenters. The number of amides is 1. The molecule has 0 radical (unpaired) electrons. The quantitative estimate of drug-likeness (QED) is 0.282. The van der Waals surface area contributed by atoms with Gasteiger partial charge in [-0.1, -0.05) is 54.6 Å². The Labute approximate surface area is 198 Å². The van der Waals surface area contributed by atoms with E-state index in [1.165, 1.54) is 0 Å². The number of carbonyl (C=O) groups excluding carboxylic acids is 2. The van der Waals surface area contributed by atoms with Gasteiger partial charge in [0.05, 0.1) is 11.4 Å². The van der Waals surface area contributed by atoms with Crippen LogP contribution in [0.2, 0.25) is 0 Å². The summed E-state index contributed by atoms with van der Waals surface area (Å²) in [4.78, 5) is 28.8. The number of hydrogen-bond acceptors (Lipinski definition) is 5. The lowest BCUT2D eigenvalue weighted by Gasteiger charge is -2.11. The summed E-state index contributed by atoms with van der Waals surface area (Å²) in [6.07, 6.45) is 4.13. The van der Waals surface area contributed by atoms with Gasteiger partial charge in [-0.2, -0.15) is 0 Å². The van der Waals surface area contributed by atoms with E-state index in [9.17, 15) is 9.59 Å². The highest BCUT2D eigenvalue weighted by Gasteiger charge is 2.11. The summed E-state index contributed by atoms with van der Waals surface area (Å²) in [5.41, 5.74) is 11.5. The topological polar surface area (TPSA) is 94.3 Å². The normalized spacial score (nSPS) is 10.5. The molecule has 0 aliphatic heterocycles. The van der Waals surface area contributed by atoms with Crippen LogP contribution in [0.5, 0.6) is 0 Å². The Bertz CT molecular complexity index is 1260. The van der Waals surface area contributed by atoms with Gasteiger partial charge in [0.2, 0.25) is 0 Å². The maximum atomic E-state index is 12.8. The predicted molar refractivity (Wildman–Crippen MR) is 133 cm³/mol. The zero-order valence-corrected chi connectivity index (χ0v) is 18.6. The number of esters is 1. The first-order valence-corrected chi connectivity index (χ1v) is 11.0. The number of benzene rings is 3. The number of pyridine rings is 1. The first-order valence-electron chi connectivity index (χ1n) is 11.0. The van der Waals surface area contributed by atoms with Crippen molar-refractivity contribution in [2.75, 3.05) is 11.1 Å². The fourth-order valence-corrected chi connectivity index (χ4v) is 3.46. The van der Waals surface area contributed by atoms with E-state index in [0.717, 1.165) is 22.3 Å². The third-order valence-corrected chi connectivity index (χ3v) is 5.37. The molecule has 0 saturated carbocycles.